The molecule has 0 heterocycles. The van der Waals surface area contributed by atoms with Crippen molar-refractivity contribution in [2.24, 2.45) is 5.73 Å². The average Bonchev–Trinajstić information content (AvgIpc) is 1.87. The quantitative estimate of drug-likeness (QED) is 0.589. The van der Waals surface area contributed by atoms with Crippen LogP contribution in [0.3, 0.4) is 0 Å². The number of hydrogen-bond acceptors (Lipinski definition) is 4. The summed E-state index contributed by atoms with van der Waals surface area (Å²) < 4.78 is 4.54. The van der Waals surface area contributed by atoms with Crippen LogP contribution in [0.25, 0.3) is 0 Å². The lowest BCUT2D eigenvalue weighted by molar-refractivity contribution is -0.147. The minimum Gasteiger partial charge on any atom is -0.465 e. The van der Waals surface area contributed by atoms with Crippen molar-refractivity contribution in [1.82, 2.24) is 0 Å². The molecule has 0 aliphatic rings. The molecule has 0 aliphatic heterocycles. The van der Waals surface area contributed by atoms with Crippen LogP contribution < -0.4 is 5.73 Å². The van der Waals surface area contributed by atoms with Crippen molar-refractivity contribution in [3.63, 3.8) is 0 Å². The van der Waals surface area contributed by atoms with Crippen LogP contribution >= 0.6 is 12.4 Å². The molecule has 0 fully saturated rings. The number of halogens is 1. The van der Waals surface area contributed by atoms with E-state index in [4.69, 9.17) is 10.8 Å². The van der Waals surface area contributed by atoms with Gasteiger partial charge in [0.1, 0.15) is 6.04 Å². The van der Waals surface area contributed by atoms with Crippen LogP contribution in [0, 0.1) is 0 Å². The van der Waals surface area contributed by atoms with Gasteiger partial charge in [-0.2, -0.15) is 0 Å². The maximum Gasteiger partial charge on any atom is 0.325 e. The third-order valence-corrected chi connectivity index (χ3v) is 1.08. The van der Waals surface area contributed by atoms with Crippen LogP contribution in [0.4, 0.5) is 0 Å². The zero-order valence-electron chi connectivity index (χ0n) is 6.61. The van der Waals surface area contributed by atoms with Gasteiger partial charge in [0.05, 0.1) is 12.7 Å². The van der Waals surface area contributed by atoms with E-state index in [1.807, 2.05) is 0 Å². The van der Waals surface area contributed by atoms with E-state index in [9.17, 15) is 4.79 Å². The predicted octanol–water partition coefficient (Wildman–Crippen LogP) is -0.321. The maximum absolute atomic E-state index is 10.7. The van der Waals surface area contributed by atoms with E-state index in [0.717, 1.165) is 0 Å². The minimum absolute atomic E-state index is 0. The van der Waals surface area contributed by atoms with E-state index in [0.29, 0.717) is 6.61 Å². The second-order valence-corrected chi connectivity index (χ2v) is 2.02. The smallest absolute Gasteiger partial charge is 0.325 e. The summed E-state index contributed by atoms with van der Waals surface area (Å²) in [6.45, 7) is 3.42. The molecule has 2 atom stereocenters. The Morgan fingerprint density at radius 2 is 2.18 bits per heavy atom. The molecule has 4 nitrogen and oxygen atoms in total. The molecule has 0 saturated carbocycles. The van der Waals surface area contributed by atoms with Gasteiger partial charge in [0.25, 0.3) is 0 Å². The van der Waals surface area contributed by atoms with Gasteiger partial charge in [-0.15, -0.1) is 12.4 Å². The van der Waals surface area contributed by atoms with E-state index in [1.165, 1.54) is 6.92 Å². The summed E-state index contributed by atoms with van der Waals surface area (Å²) in [5.41, 5.74) is 5.22. The molecule has 68 valence electrons. The number of carbonyl (C=O) groups excluding carboxylic acids is 1. The van der Waals surface area contributed by atoms with Gasteiger partial charge in [0.15, 0.2) is 0 Å². The van der Waals surface area contributed by atoms with E-state index in [1.54, 1.807) is 6.92 Å². The van der Waals surface area contributed by atoms with Gasteiger partial charge in [-0.25, -0.2) is 0 Å². The highest BCUT2D eigenvalue weighted by Gasteiger charge is 2.19. The molecule has 0 amide bonds. The molecule has 0 aromatic heterocycles. The Balaban J connectivity index is 0. The van der Waals surface area contributed by atoms with Crippen LogP contribution in [0.5, 0.6) is 0 Å². The Hall–Kier alpha value is -0.320. The van der Waals surface area contributed by atoms with Crippen molar-refractivity contribution in [2.45, 2.75) is 26.0 Å². The third kappa shape index (κ3) is 5.01. The molecule has 5 heteroatoms. The highest BCUT2D eigenvalue weighted by atomic mass is 35.5. The van der Waals surface area contributed by atoms with Gasteiger partial charge in [0.2, 0.25) is 0 Å². The normalized spacial score (nSPS) is 14.5. The molecule has 0 aliphatic carbocycles. The van der Waals surface area contributed by atoms with Crippen molar-refractivity contribution >= 4 is 18.4 Å². The number of nitrogens with two attached hydrogens (primary N) is 1. The summed E-state index contributed by atoms with van der Waals surface area (Å²) in [4.78, 5) is 10.7. The summed E-state index contributed by atoms with van der Waals surface area (Å²) >= 11 is 0. The minimum atomic E-state index is -0.917. The topological polar surface area (TPSA) is 72.5 Å². The average molecular weight is 184 g/mol. The fraction of sp³-hybridized carbons (Fsp3) is 0.833. The molecule has 0 radical (unpaired) electrons. The Morgan fingerprint density at radius 1 is 1.73 bits per heavy atom. The first kappa shape index (κ1) is 13.3. The standard InChI is InChI=1S/C6H13NO3.ClH/c1-3-10-6(9)5(7)4(2)8;/h4-5,8H,3,7H2,1-2H3;1H/t4-,5+;/m1./s1. The molecule has 0 aromatic carbocycles. The van der Waals surface area contributed by atoms with E-state index in [-0.39, 0.29) is 12.4 Å². The second-order valence-electron chi connectivity index (χ2n) is 2.02. The number of aliphatic hydroxyl groups excluding tert-OH is 1. The SMILES string of the molecule is CCOC(=O)[C@@H](N)[C@@H](C)O.Cl. The van der Waals surface area contributed by atoms with Gasteiger partial charge in [-0.05, 0) is 13.8 Å². The summed E-state index contributed by atoms with van der Waals surface area (Å²) in [6, 6.07) is -0.917. The zero-order valence-corrected chi connectivity index (χ0v) is 7.43. The maximum atomic E-state index is 10.7. The molecule has 0 aromatic rings. The molecule has 11 heavy (non-hydrogen) atoms. The Kier molecular flexibility index (Phi) is 7.72. The first-order valence-electron chi connectivity index (χ1n) is 3.19. The number of ether oxygens (including phenoxy) is 1. The highest BCUT2D eigenvalue weighted by Crippen LogP contribution is 1.91. The lowest BCUT2D eigenvalue weighted by Crippen LogP contribution is -2.41. The lowest BCUT2D eigenvalue weighted by Gasteiger charge is -2.11. The number of rotatable bonds is 3. The van der Waals surface area contributed by atoms with Crippen molar-refractivity contribution < 1.29 is 14.6 Å². The van der Waals surface area contributed by atoms with Crippen LogP contribution in [0.15, 0.2) is 0 Å². The fourth-order valence-corrected chi connectivity index (χ4v) is 0.435. The van der Waals surface area contributed by atoms with Crippen molar-refractivity contribution in [3.8, 4) is 0 Å². The van der Waals surface area contributed by atoms with Gasteiger partial charge < -0.3 is 15.6 Å². The Morgan fingerprint density at radius 3 is 2.45 bits per heavy atom. The molecule has 0 rings (SSSR count). The number of aliphatic hydroxyl groups is 1. The van der Waals surface area contributed by atoms with Crippen molar-refractivity contribution in [3.05, 3.63) is 0 Å². The monoisotopic (exact) mass is 183 g/mol. The van der Waals surface area contributed by atoms with Gasteiger partial charge in [-0.3, -0.25) is 4.79 Å². The molecule has 0 spiro atoms. The molecular weight excluding hydrogens is 170 g/mol. The molecule has 0 unspecified atom stereocenters. The fourth-order valence-electron chi connectivity index (χ4n) is 0.435. The molecule has 0 bridgehead atoms. The van der Waals surface area contributed by atoms with Crippen molar-refractivity contribution in [2.75, 3.05) is 6.61 Å². The first-order valence-corrected chi connectivity index (χ1v) is 3.19. The second kappa shape index (κ2) is 6.39. The van der Waals surface area contributed by atoms with Crippen LogP contribution in [-0.2, 0) is 9.53 Å². The molecule has 3 N–H and O–H groups in total. The van der Waals surface area contributed by atoms with Crippen LogP contribution in [0.1, 0.15) is 13.8 Å². The number of hydrogen-bond donors (Lipinski definition) is 2. The third-order valence-electron chi connectivity index (χ3n) is 1.08. The summed E-state index contributed by atoms with van der Waals surface area (Å²) in [5.74, 6) is -0.558. The summed E-state index contributed by atoms with van der Waals surface area (Å²) in [6.07, 6.45) is -0.848. The van der Waals surface area contributed by atoms with Crippen LogP contribution in [-0.4, -0.2) is 29.8 Å². The van der Waals surface area contributed by atoms with Crippen molar-refractivity contribution in [1.29, 1.82) is 0 Å². The molecular formula is C6H14ClNO3. The Labute approximate surface area is 72.1 Å². The summed E-state index contributed by atoms with van der Waals surface area (Å²) in [5, 5.41) is 8.79. The first-order chi connectivity index (χ1) is 4.59. The number of carbonyl (C=O) groups is 1. The number of esters is 1. The van der Waals surface area contributed by atoms with Gasteiger partial charge in [-0.1, -0.05) is 0 Å². The van der Waals surface area contributed by atoms with Gasteiger partial charge >= 0.3 is 5.97 Å². The van der Waals surface area contributed by atoms with E-state index in [2.05, 4.69) is 4.74 Å². The Bertz CT molecular complexity index is 118. The molecule has 0 saturated heterocycles. The lowest BCUT2D eigenvalue weighted by atomic mass is 10.2. The highest BCUT2D eigenvalue weighted by molar-refractivity contribution is 5.85. The predicted molar refractivity (Wildman–Crippen MR) is 43.5 cm³/mol. The van der Waals surface area contributed by atoms with Crippen LogP contribution in [0.2, 0.25) is 0 Å². The van der Waals surface area contributed by atoms with Gasteiger partial charge in [0, 0.05) is 0 Å². The van der Waals surface area contributed by atoms with E-state index >= 15 is 0 Å². The summed E-state index contributed by atoms with van der Waals surface area (Å²) in [7, 11) is 0. The van der Waals surface area contributed by atoms with E-state index < -0.39 is 18.1 Å². The zero-order chi connectivity index (χ0) is 8.15. The largest absolute Gasteiger partial charge is 0.465 e.